The molecule has 2 aromatic heterocycles. The lowest BCUT2D eigenvalue weighted by atomic mass is 9.92. The molecule has 2 fully saturated rings. The summed E-state index contributed by atoms with van der Waals surface area (Å²) in [6.07, 6.45) is 4.24. The highest BCUT2D eigenvalue weighted by molar-refractivity contribution is 6.07. The maximum absolute atomic E-state index is 13.7. The normalized spacial score (nSPS) is 18.8. The number of alkyl carbamates (subject to hydrolysis) is 1. The number of ether oxygens (including phenoxy) is 3. The maximum atomic E-state index is 13.7. The Balaban J connectivity index is 1.05. The largest absolute Gasteiger partial charge is 0.488 e. The van der Waals surface area contributed by atoms with Gasteiger partial charge in [-0.2, -0.15) is 0 Å². The average molecular weight is 734 g/mol. The highest BCUT2D eigenvalue weighted by Crippen LogP contribution is 2.43. The number of carbonyl (C=O) groups excluding carboxylic acids is 3. The second-order valence-electron chi connectivity index (χ2n) is 15.9. The van der Waals surface area contributed by atoms with E-state index in [-0.39, 0.29) is 30.0 Å². The van der Waals surface area contributed by atoms with Crippen LogP contribution in [0.1, 0.15) is 89.6 Å². The van der Waals surface area contributed by atoms with Gasteiger partial charge in [0.1, 0.15) is 35.6 Å². The van der Waals surface area contributed by atoms with Gasteiger partial charge in [0.15, 0.2) is 0 Å². The van der Waals surface area contributed by atoms with Crippen LogP contribution in [0.5, 0.6) is 5.75 Å². The smallest absolute Gasteiger partial charge is 0.410 e. The van der Waals surface area contributed by atoms with E-state index < -0.39 is 17.7 Å². The Morgan fingerprint density at radius 2 is 1.70 bits per heavy atom. The van der Waals surface area contributed by atoms with Crippen LogP contribution < -0.4 is 10.1 Å². The fraction of sp³-hybridized carbons (Fsp3) is 0.439. The lowest BCUT2D eigenvalue weighted by Gasteiger charge is -2.29. The van der Waals surface area contributed by atoms with Gasteiger partial charge in [-0.3, -0.25) is 9.69 Å². The lowest BCUT2D eigenvalue weighted by molar-refractivity contribution is -0.135. The zero-order chi connectivity index (χ0) is 37.9. The number of likely N-dealkylation sites (tertiary alicyclic amines) is 2. The average Bonchev–Trinajstić information content (AvgIpc) is 3.97. The quantitative estimate of drug-likeness (QED) is 0.160. The third-order valence-electron chi connectivity index (χ3n) is 10.7. The number of hydrogen-bond acceptors (Lipinski definition) is 8. The summed E-state index contributed by atoms with van der Waals surface area (Å²) in [7, 11) is 1.30. The van der Waals surface area contributed by atoms with Crippen LogP contribution in [0.2, 0.25) is 0 Å². The van der Waals surface area contributed by atoms with Crippen molar-refractivity contribution in [1.82, 2.24) is 35.1 Å². The van der Waals surface area contributed by atoms with Crippen molar-refractivity contribution in [2.75, 3.05) is 20.2 Å². The number of rotatable bonds is 6. The predicted octanol–water partition coefficient (Wildman–Crippen LogP) is 7.78. The molecule has 282 valence electrons. The number of aromatic nitrogens is 4. The van der Waals surface area contributed by atoms with Gasteiger partial charge in [-0.25, -0.2) is 19.6 Å². The molecule has 3 aromatic carbocycles. The van der Waals surface area contributed by atoms with Crippen LogP contribution in [-0.2, 0) is 20.9 Å². The molecule has 3 aliphatic rings. The van der Waals surface area contributed by atoms with Gasteiger partial charge in [0.25, 0.3) is 0 Å². The fourth-order valence-electron chi connectivity index (χ4n) is 8.07. The molecule has 3 N–H and O–H groups in total. The summed E-state index contributed by atoms with van der Waals surface area (Å²) in [6.45, 7) is 11.1. The minimum absolute atomic E-state index is 0.112. The van der Waals surface area contributed by atoms with E-state index in [2.05, 4.69) is 51.7 Å². The van der Waals surface area contributed by atoms with Crippen molar-refractivity contribution in [2.45, 2.75) is 90.6 Å². The number of amides is 3. The van der Waals surface area contributed by atoms with Crippen molar-refractivity contribution in [3.8, 4) is 28.1 Å². The van der Waals surface area contributed by atoms with Crippen molar-refractivity contribution in [1.29, 1.82) is 0 Å². The molecule has 8 rings (SSSR count). The molecule has 0 spiro atoms. The second-order valence-corrected chi connectivity index (χ2v) is 15.9. The zero-order valence-corrected chi connectivity index (χ0v) is 31.6. The Kier molecular flexibility index (Phi) is 8.98. The minimum Gasteiger partial charge on any atom is -0.488 e. The Morgan fingerprint density at radius 1 is 0.944 bits per heavy atom. The molecule has 0 unspecified atom stereocenters. The number of nitrogens with one attached hydrogen (secondary N) is 3. The Hall–Kier alpha value is -5.59. The summed E-state index contributed by atoms with van der Waals surface area (Å²) in [4.78, 5) is 59.0. The highest BCUT2D eigenvalue weighted by Gasteiger charge is 2.38. The van der Waals surface area contributed by atoms with Gasteiger partial charge in [-0.1, -0.05) is 32.0 Å². The molecule has 5 aromatic rings. The molecule has 0 aliphatic carbocycles. The number of aromatic amines is 2. The second kappa shape index (κ2) is 13.7. The molecule has 0 radical (unpaired) electrons. The predicted molar refractivity (Wildman–Crippen MR) is 204 cm³/mol. The van der Waals surface area contributed by atoms with Crippen LogP contribution in [0.15, 0.2) is 48.7 Å². The molecular weight excluding hydrogens is 686 g/mol. The Bertz CT molecular complexity index is 2270. The number of H-pyrrole nitrogens is 2. The van der Waals surface area contributed by atoms with E-state index in [0.717, 1.165) is 92.8 Å². The number of carbonyl (C=O) groups is 3. The van der Waals surface area contributed by atoms with Gasteiger partial charge in [-0.05, 0) is 98.7 Å². The maximum Gasteiger partial charge on any atom is 0.410 e. The SMILES string of the molecule is COC(=O)N[C@H](C(=O)N1CCC[C@H]1c1nc2c(ccc3cc4c(cc32)OCc2cc(-c3cnc([C@H]5CCCN5C(=O)OC(C)(C)C)[nH]3)ccc2-4)[nH]1)C(C)C. The van der Waals surface area contributed by atoms with E-state index >= 15 is 0 Å². The topological polar surface area (TPSA) is 155 Å². The van der Waals surface area contributed by atoms with E-state index in [9.17, 15) is 14.4 Å². The molecule has 3 amide bonds. The molecule has 5 heterocycles. The van der Waals surface area contributed by atoms with Crippen molar-refractivity contribution in [3.63, 3.8) is 0 Å². The number of nitrogens with zero attached hydrogens (tertiary/aromatic N) is 4. The molecule has 13 heteroatoms. The molecule has 2 saturated heterocycles. The van der Waals surface area contributed by atoms with Crippen molar-refractivity contribution in [2.24, 2.45) is 5.92 Å². The third kappa shape index (κ3) is 6.49. The third-order valence-corrected chi connectivity index (χ3v) is 10.7. The number of benzene rings is 3. The van der Waals surface area contributed by atoms with E-state index in [0.29, 0.717) is 19.7 Å². The Labute approximate surface area is 313 Å². The summed E-state index contributed by atoms with van der Waals surface area (Å²) >= 11 is 0. The first-order valence-electron chi connectivity index (χ1n) is 18.8. The number of methoxy groups -OCH3 is 1. The molecule has 13 nitrogen and oxygen atoms in total. The van der Waals surface area contributed by atoms with E-state index in [1.165, 1.54) is 7.11 Å². The Morgan fingerprint density at radius 3 is 2.44 bits per heavy atom. The minimum atomic E-state index is -0.698. The summed E-state index contributed by atoms with van der Waals surface area (Å²) in [5.41, 5.74) is 6.22. The first kappa shape index (κ1) is 35.4. The summed E-state index contributed by atoms with van der Waals surface area (Å²) in [6, 6.07) is 13.6. The van der Waals surface area contributed by atoms with Gasteiger partial charge in [0.2, 0.25) is 5.91 Å². The monoisotopic (exact) mass is 733 g/mol. The molecule has 54 heavy (non-hydrogen) atoms. The van der Waals surface area contributed by atoms with E-state index in [1.807, 2.05) is 51.8 Å². The zero-order valence-electron chi connectivity index (χ0n) is 31.6. The highest BCUT2D eigenvalue weighted by atomic mass is 16.6. The van der Waals surface area contributed by atoms with Crippen LogP contribution in [0.25, 0.3) is 44.2 Å². The van der Waals surface area contributed by atoms with Gasteiger partial charge < -0.3 is 34.4 Å². The van der Waals surface area contributed by atoms with E-state index in [4.69, 9.17) is 24.2 Å². The molecule has 0 saturated carbocycles. The summed E-state index contributed by atoms with van der Waals surface area (Å²) < 4.78 is 16.8. The van der Waals surface area contributed by atoms with Gasteiger partial charge in [0.05, 0.1) is 42.1 Å². The van der Waals surface area contributed by atoms with E-state index in [1.54, 1.807) is 4.90 Å². The number of imidazole rings is 2. The van der Waals surface area contributed by atoms with Crippen molar-refractivity contribution < 1.29 is 28.6 Å². The van der Waals surface area contributed by atoms with Gasteiger partial charge >= 0.3 is 12.2 Å². The van der Waals surface area contributed by atoms with Gasteiger partial charge in [-0.15, -0.1) is 0 Å². The number of fused-ring (bicyclic) bond motifs is 6. The van der Waals surface area contributed by atoms with Gasteiger partial charge in [0, 0.05) is 24.0 Å². The first-order valence-corrected chi connectivity index (χ1v) is 18.8. The standard InChI is InChI=1S/C41H47N7O6/c1-22(2)34(46-39(50)52-6)38(49)47-15-7-10-32(47)37-43-29-14-12-23-18-28-26-13-11-24(17-25(26)21-53-33(28)19-27(23)35(29)45-37)30-20-42-36(44-30)31-9-8-16-48(31)40(51)54-41(3,4)5/h11-14,17-20,22,31-32,34H,7-10,15-16,21H2,1-6H3,(H,42,44)(H,43,45)(H,46,50)/t31-,32+,34+/m1/s1. The molecular formula is C41H47N7O6. The van der Waals surface area contributed by atoms with Crippen LogP contribution in [0.4, 0.5) is 9.59 Å². The fourth-order valence-corrected chi connectivity index (χ4v) is 8.07. The van der Waals surface area contributed by atoms with Crippen LogP contribution >= 0.6 is 0 Å². The van der Waals surface area contributed by atoms with Crippen LogP contribution in [0, 0.1) is 5.92 Å². The lowest BCUT2D eigenvalue weighted by Crippen LogP contribution is -2.51. The summed E-state index contributed by atoms with van der Waals surface area (Å²) in [5.74, 6) is 2.03. The first-order chi connectivity index (χ1) is 25.9. The molecule has 3 atom stereocenters. The van der Waals surface area contributed by atoms with Crippen molar-refractivity contribution >= 4 is 39.9 Å². The van der Waals surface area contributed by atoms with Crippen LogP contribution in [-0.4, -0.2) is 79.7 Å². The molecule has 0 bridgehead atoms. The number of hydrogen-bond donors (Lipinski definition) is 3. The van der Waals surface area contributed by atoms with Crippen molar-refractivity contribution in [3.05, 3.63) is 65.9 Å². The summed E-state index contributed by atoms with van der Waals surface area (Å²) in [5, 5.41) is 4.72. The molecule has 3 aliphatic heterocycles. The van der Waals surface area contributed by atoms with Crippen LogP contribution in [0.3, 0.4) is 0 Å².